The molecule has 0 aliphatic carbocycles. The quantitative estimate of drug-likeness (QED) is 0.505. The second-order valence-electron chi connectivity index (χ2n) is 8.27. The molecular formula is C25H28Cl2N4O2. The Hall–Kier alpha value is -2.54. The lowest BCUT2D eigenvalue weighted by atomic mass is 10.1. The molecule has 1 aliphatic rings. The molecule has 1 fully saturated rings. The number of likely N-dealkylation sites (N-methyl/N-ethyl adjacent to an activating group) is 1. The van der Waals surface area contributed by atoms with Crippen LogP contribution in [0.3, 0.4) is 0 Å². The van der Waals surface area contributed by atoms with E-state index in [1.807, 2.05) is 18.2 Å². The minimum Gasteiger partial charge on any atom is -0.479 e. The van der Waals surface area contributed by atoms with Crippen LogP contribution in [0.2, 0.25) is 10.0 Å². The second-order valence-corrected chi connectivity index (χ2v) is 9.12. The third kappa shape index (κ3) is 5.52. The highest BCUT2D eigenvalue weighted by atomic mass is 35.5. The average Bonchev–Trinajstić information content (AvgIpc) is 2.81. The molecular weight excluding hydrogens is 459 g/mol. The number of nitrogens with zero attached hydrogens (tertiary/aromatic N) is 3. The summed E-state index contributed by atoms with van der Waals surface area (Å²) in [5.74, 6) is 1.15. The number of halogens is 2. The van der Waals surface area contributed by atoms with Crippen LogP contribution < -0.4 is 15.0 Å². The molecule has 6 nitrogen and oxygen atoms in total. The van der Waals surface area contributed by atoms with Gasteiger partial charge in [0.2, 0.25) is 0 Å². The summed E-state index contributed by atoms with van der Waals surface area (Å²) in [6.07, 6.45) is -0.734. The van der Waals surface area contributed by atoms with E-state index in [2.05, 4.69) is 35.0 Å². The van der Waals surface area contributed by atoms with Gasteiger partial charge in [-0.2, -0.15) is 0 Å². The number of carbonyl (C=O) groups is 1. The number of amides is 1. The van der Waals surface area contributed by atoms with Crippen molar-refractivity contribution in [1.29, 1.82) is 0 Å². The lowest BCUT2D eigenvalue weighted by Crippen LogP contribution is -2.46. The molecule has 33 heavy (non-hydrogen) atoms. The Morgan fingerprint density at radius 1 is 1.12 bits per heavy atom. The van der Waals surface area contributed by atoms with Crippen molar-refractivity contribution in [1.82, 2.24) is 9.88 Å². The Morgan fingerprint density at radius 2 is 1.88 bits per heavy atom. The summed E-state index contributed by atoms with van der Waals surface area (Å²) in [4.78, 5) is 22.4. The molecule has 2 aromatic carbocycles. The summed E-state index contributed by atoms with van der Waals surface area (Å²) >= 11 is 12.1. The van der Waals surface area contributed by atoms with Crippen LogP contribution in [0, 0.1) is 6.92 Å². The number of carbonyl (C=O) groups excluding carboxylic acids is 1. The monoisotopic (exact) mass is 486 g/mol. The number of fused-ring (bicyclic) bond motifs is 1. The van der Waals surface area contributed by atoms with E-state index in [-0.39, 0.29) is 5.91 Å². The van der Waals surface area contributed by atoms with Crippen molar-refractivity contribution in [2.75, 3.05) is 42.9 Å². The molecule has 0 bridgehead atoms. The summed E-state index contributed by atoms with van der Waals surface area (Å²) in [6, 6.07) is 12.8. The van der Waals surface area contributed by atoms with Crippen molar-refractivity contribution in [3.8, 4) is 5.75 Å². The zero-order chi connectivity index (χ0) is 23.5. The van der Waals surface area contributed by atoms with Crippen molar-refractivity contribution in [2.45, 2.75) is 26.9 Å². The molecule has 1 atom stereocenters. The summed E-state index contributed by atoms with van der Waals surface area (Å²) < 4.78 is 5.72. The molecule has 1 N–H and O–H groups in total. The van der Waals surface area contributed by atoms with E-state index in [9.17, 15) is 4.79 Å². The van der Waals surface area contributed by atoms with E-state index in [0.717, 1.165) is 55.0 Å². The predicted molar refractivity (Wildman–Crippen MR) is 136 cm³/mol. The first kappa shape index (κ1) is 23.6. The maximum absolute atomic E-state index is 12.7. The highest BCUT2D eigenvalue weighted by molar-refractivity contribution is 6.35. The van der Waals surface area contributed by atoms with Gasteiger partial charge in [-0.3, -0.25) is 4.79 Å². The van der Waals surface area contributed by atoms with Gasteiger partial charge >= 0.3 is 0 Å². The fourth-order valence-electron chi connectivity index (χ4n) is 3.97. The third-order valence-corrected chi connectivity index (χ3v) is 6.51. The first-order valence-corrected chi connectivity index (χ1v) is 11.9. The molecule has 0 spiro atoms. The van der Waals surface area contributed by atoms with Gasteiger partial charge in [0.15, 0.2) is 6.10 Å². The molecule has 8 heteroatoms. The minimum absolute atomic E-state index is 0.267. The summed E-state index contributed by atoms with van der Waals surface area (Å²) in [6.45, 7) is 11.1. The maximum Gasteiger partial charge on any atom is 0.265 e. The van der Waals surface area contributed by atoms with E-state index in [1.54, 1.807) is 25.1 Å². The summed E-state index contributed by atoms with van der Waals surface area (Å²) in [5, 5.41) is 4.81. The Balaban J connectivity index is 1.46. The maximum atomic E-state index is 12.7. The molecule has 174 valence electrons. The Morgan fingerprint density at radius 3 is 2.58 bits per heavy atom. The number of benzene rings is 2. The van der Waals surface area contributed by atoms with E-state index in [0.29, 0.717) is 21.5 Å². The number of aryl methyl sites for hydroxylation is 1. The molecule has 1 saturated heterocycles. The van der Waals surface area contributed by atoms with Crippen LogP contribution in [0.1, 0.15) is 19.4 Å². The van der Waals surface area contributed by atoms with E-state index >= 15 is 0 Å². The van der Waals surface area contributed by atoms with Crippen molar-refractivity contribution in [2.24, 2.45) is 0 Å². The van der Waals surface area contributed by atoms with Gasteiger partial charge in [0.1, 0.15) is 11.6 Å². The van der Waals surface area contributed by atoms with Gasteiger partial charge in [-0.1, -0.05) is 30.1 Å². The molecule has 4 rings (SSSR count). The zero-order valence-corrected chi connectivity index (χ0v) is 20.6. The second kappa shape index (κ2) is 10.2. The van der Waals surface area contributed by atoms with Crippen LogP contribution in [0.5, 0.6) is 5.75 Å². The van der Waals surface area contributed by atoms with Gasteiger partial charge in [-0.05, 0) is 68.4 Å². The lowest BCUT2D eigenvalue weighted by molar-refractivity contribution is -0.122. The minimum atomic E-state index is -0.734. The van der Waals surface area contributed by atoms with Gasteiger partial charge in [-0.25, -0.2) is 4.98 Å². The first-order valence-electron chi connectivity index (χ1n) is 11.2. The average molecular weight is 487 g/mol. The van der Waals surface area contributed by atoms with Gasteiger partial charge in [0.05, 0.1) is 10.5 Å². The smallest absolute Gasteiger partial charge is 0.265 e. The van der Waals surface area contributed by atoms with Crippen LogP contribution in [-0.2, 0) is 4.79 Å². The van der Waals surface area contributed by atoms with Crippen LogP contribution in [0.15, 0.2) is 42.5 Å². The highest BCUT2D eigenvalue weighted by Gasteiger charge is 2.19. The summed E-state index contributed by atoms with van der Waals surface area (Å²) in [7, 11) is 0. The summed E-state index contributed by atoms with van der Waals surface area (Å²) in [5.41, 5.74) is 2.73. The van der Waals surface area contributed by atoms with E-state index in [4.69, 9.17) is 32.9 Å². The van der Waals surface area contributed by atoms with Crippen LogP contribution in [-0.4, -0.2) is 54.6 Å². The number of nitrogens with one attached hydrogen (secondary N) is 1. The molecule has 0 radical (unpaired) electrons. The van der Waals surface area contributed by atoms with Gasteiger partial charge in [0, 0.05) is 42.3 Å². The third-order valence-electron chi connectivity index (χ3n) is 5.98. The van der Waals surface area contributed by atoms with Crippen molar-refractivity contribution in [3.05, 3.63) is 58.1 Å². The Bertz CT molecular complexity index is 1160. The number of ether oxygens (including phenoxy) is 1. The SMILES string of the molecule is CCN1CCN(c2cc(C)c3cc(NC(=O)[C@@H](C)Oc4ccc(Cl)cc4Cl)ccc3n2)CC1. The first-order chi connectivity index (χ1) is 15.8. The van der Waals surface area contributed by atoms with Crippen LogP contribution >= 0.6 is 23.2 Å². The number of pyridine rings is 1. The fraction of sp³-hybridized carbons (Fsp3) is 0.360. The van der Waals surface area contributed by atoms with Crippen LogP contribution in [0.25, 0.3) is 10.9 Å². The number of rotatable bonds is 6. The van der Waals surface area contributed by atoms with Gasteiger partial charge < -0.3 is 19.9 Å². The van der Waals surface area contributed by atoms with Crippen molar-refractivity contribution in [3.63, 3.8) is 0 Å². The normalized spacial score (nSPS) is 15.5. The fourth-order valence-corrected chi connectivity index (χ4v) is 4.42. The Labute approximate surface area is 204 Å². The topological polar surface area (TPSA) is 57.7 Å². The number of piperazine rings is 1. The van der Waals surface area contributed by atoms with E-state index in [1.165, 1.54) is 0 Å². The number of hydrogen-bond acceptors (Lipinski definition) is 5. The van der Waals surface area contributed by atoms with Gasteiger partial charge in [0.25, 0.3) is 5.91 Å². The lowest BCUT2D eigenvalue weighted by Gasteiger charge is -2.35. The number of aromatic nitrogens is 1. The molecule has 0 unspecified atom stereocenters. The highest BCUT2D eigenvalue weighted by Crippen LogP contribution is 2.29. The molecule has 1 aromatic heterocycles. The van der Waals surface area contributed by atoms with Gasteiger partial charge in [-0.15, -0.1) is 0 Å². The van der Waals surface area contributed by atoms with Crippen molar-refractivity contribution >= 4 is 51.5 Å². The number of anilines is 2. The zero-order valence-electron chi connectivity index (χ0n) is 19.1. The molecule has 3 aromatic rings. The molecule has 1 aliphatic heterocycles. The molecule has 2 heterocycles. The molecule has 1 amide bonds. The van der Waals surface area contributed by atoms with Crippen LogP contribution in [0.4, 0.5) is 11.5 Å². The Kier molecular flexibility index (Phi) is 7.27. The largest absolute Gasteiger partial charge is 0.479 e. The number of hydrogen-bond donors (Lipinski definition) is 1. The standard InChI is InChI=1S/C25H28Cl2N4O2/c1-4-30-9-11-31(12-10-30)24-13-16(2)20-15-19(6-7-22(20)29-24)28-25(32)17(3)33-23-8-5-18(26)14-21(23)27/h5-8,13-15,17H,4,9-12H2,1-3H3,(H,28,32)/t17-/m1/s1. The predicted octanol–water partition coefficient (Wildman–Crippen LogP) is 5.40. The van der Waals surface area contributed by atoms with E-state index < -0.39 is 6.10 Å². The molecule has 0 saturated carbocycles. The van der Waals surface area contributed by atoms with Crippen molar-refractivity contribution < 1.29 is 9.53 Å².